The Hall–Kier alpha value is -1.02. The third kappa shape index (κ3) is 1.94. The van der Waals surface area contributed by atoms with Gasteiger partial charge in [0.25, 0.3) is 0 Å². The van der Waals surface area contributed by atoms with Crippen molar-refractivity contribution in [1.29, 1.82) is 0 Å². The number of nitrogens with zero attached hydrogens (tertiary/aromatic N) is 2. The van der Waals surface area contributed by atoms with Gasteiger partial charge in [-0.15, -0.1) is 0 Å². The molecule has 1 saturated heterocycles. The Kier molecular flexibility index (Phi) is 3.20. The molecule has 0 aromatic carbocycles. The third-order valence-electron chi connectivity index (χ3n) is 3.80. The molecule has 88 valence electrons. The Labute approximate surface area is 98.6 Å². The molecule has 0 radical (unpaired) electrons. The van der Waals surface area contributed by atoms with Gasteiger partial charge in [-0.3, -0.25) is 0 Å². The number of likely N-dealkylation sites (tertiary alicyclic amines) is 1. The summed E-state index contributed by atoms with van der Waals surface area (Å²) in [6.07, 6.45) is 4.50. The quantitative estimate of drug-likeness (QED) is 0.741. The highest BCUT2D eigenvalue weighted by Gasteiger charge is 2.21. The highest BCUT2D eigenvalue weighted by molar-refractivity contribution is 5.51. The van der Waals surface area contributed by atoms with E-state index in [9.17, 15) is 0 Å². The van der Waals surface area contributed by atoms with Crippen molar-refractivity contribution in [3.8, 4) is 0 Å². The maximum Gasteiger partial charge on any atom is 0.0360 e. The molecule has 1 aliphatic heterocycles. The van der Waals surface area contributed by atoms with Gasteiger partial charge in [-0.25, -0.2) is 0 Å². The van der Waals surface area contributed by atoms with E-state index in [1.807, 2.05) is 6.08 Å². The van der Waals surface area contributed by atoms with Crippen LogP contribution in [0.25, 0.3) is 6.08 Å². The molecule has 16 heavy (non-hydrogen) atoms. The molecule has 0 atom stereocenters. The van der Waals surface area contributed by atoms with Crippen LogP contribution in [0.3, 0.4) is 0 Å². The highest BCUT2D eigenvalue weighted by atomic mass is 15.1. The first-order chi connectivity index (χ1) is 7.63. The van der Waals surface area contributed by atoms with Crippen LogP contribution < -0.4 is 0 Å². The minimum absolute atomic E-state index is 0.685. The fourth-order valence-electron chi connectivity index (χ4n) is 2.82. The van der Waals surface area contributed by atoms with Gasteiger partial charge >= 0.3 is 0 Å². The summed E-state index contributed by atoms with van der Waals surface area (Å²) in [7, 11) is 2.21. The van der Waals surface area contributed by atoms with Crippen molar-refractivity contribution in [1.82, 2.24) is 9.47 Å². The Morgan fingerprint density at radius 2 is 1.94 bits per heavy atom. The van der Waals surface area contributed by atoms with Gasteiger partial charge in [-0.1, -0.05) is 12.7 Å². The summed E-state index contributed by atoms with van der Waals surface area (Å²) < 4.78 is 2.50. The molecule has 0 saturated carbocycles. The molecule has 0 N–H and O–H groups in total. The van der Waals surface area contributed by atoms with Gasteiger partial charge in [-0.2, -0.15) is 0 Å². The molecule has 0 spiro atoms. The molecular formula is C14H22N2. The highest BCUT2D eigenvalue weighted by Crippen LogP contribution is 2.28. The van der Waals surface area contributed by atoms with Crippen LogP contribution in [0.4, 0.5) is 0 Å². The van der Waals surface area contributed by atoms with Crippen LogP contribution >= 0.6 is 0 Å². The van der Waals surface area contributed by atoms with E-state index in [0.717, 1.165) is 0 Å². The number of aryl methyl sites for hydroxylation is 1. The smallest absolute Gasteiger partial charge is 0.0360 e. The van der Waals surface area contributed by atoms with Crippen LogP contribution in [-0.4, -0.2) is 29.6 Å². The third-order valence-corrected chi connectivity index (χ3v) is 3.80. The van der Waals surface area contributed by atoms with Crippen LogP contribution in [0.15, 0.2) is 12.6 Å². The summed E-state index contributed by atoms with van der Waals surface area (Å²) >= 11 is 0. The van der Waals surface area contributed by atoms with Crippen LogP contribution in [0, 0.1) is 13.8 Å². The monoisotopic (exact) mass is 218 g/mol. The zero-order valence-electron chi connectivity index (χ0n) is 10.7. The maximum absolute atomic E-state index is 3.88. The Bertz CT molecular complexity index is 382. The van der Waals surface area contributed by atoms with Crippen molar-refractivity contribution < 1.29 is 0 Å². The van der Waals surface area contributed by atoms with E-state index in [-0.39, 0.29) is 0 Å². The molecule has 0 amide bonds. The molecular weight excluding hydrogens is 196 g/mol. The van der Waals surface area contributed by atoms with Crippen LogP contribution in [0.2, 0.25) is 0 Å². The van der Waals surface area contributed by atoms with Crippen molar-refractivity contribution in [2.24, 2.45) is 0 Å². The van der Waals surface area contributed by atoms with Gasteiger partial charge < -0.3 is 9.47 Å². The van der Waals surface area contributed by atoms with E-state index < -0.39 is 0 Å². The molecule has 1 aromatic heterocycles. The standard InChI is InChI=1S/C14H22N2/c1-5-13-10-11(2)16(12(13)3)14-6-8-15(4)9-7-14/h5,10,14H,1,6-9H2,2-4H3. The fraction of sp³-hybridized carbons (Fsp3) is 0.571. The molecule has 0 aliphatic carbocycles. The average Bonchev–Trinajstić information content (AvgIpc) is 2.56. The number of piperidine rings is 1. The molecule has 2 rings (SSSR count). The lowest BCUT2D eigenvalue weighted by Crippen LogP contribution is -2.32. The first-order valence-corrected chi connectivity index (χ1v) is 6.13. The Morgan fingerprint density at radius 3 is 2.44 bits per heavy atom. The number of hydrogen-bond acceptors (Lipinski definition) is 1. The predicted molar refractivity (Wildman–Crippen MR) is 69.8 cm³/mol. The number of rotatable bonds is 2. The molecule has 1 aliphatic rings. The van der Waals surface area contributed by atoms with E-state index in [1.54, 1.807) is 0 Å². The fourth-order valence-corrected chi connectivity index (χ4v) is 2.82. The largest absolute Gasteiger partial charge is 0.345 e. The topological polar surface area (TPSA) is 8.17 Å². The number of aromatic nitrogens is 1. The minimum atomic E-state index is 0.685. The zero-order chi connectivity index (χ0) is 11.7. The lowest BCUT2D eigenvalue weighted by molar-refractivity contribution is 0.218. The minimum Gasteiger partial charge on any atom is -0.345 e. The molecule has 0 unspecified atom stereocenters. The summed E-state index contributed by atoms with van der Waals surface area (Å²) in [5.74, 6) is 0. The number of hydrogen-bond donors (Lipinski definition) is 0. The van der Waals surface area contributed by atoms with Gasteiger partial charge in [0.15, 0.2) is 0 Å². The van der Waals surface area contributed by atoms with Gasteiger partial charge in [-0.05, 0) is 58.5 Å². The summed E-state index contributed by atoms with van der Waals surface area (Å²) in [5.41, 5.74) is 4.04. The van der Waals surface area contributed by atoms with Gasteiger partial charge in [0, 0.05) is 17.4 Å². The van der Waals surface area contributed by atoms with E-state index in [2.05, 4.69) is 43.0 Å². The zero-order valence-corrected chi connectivity index (χ0v) is 10.7. The van der Waals surface area contributed by atoms with Crippen LogP contribution in [-0.2, 0) is 0 Å². The molecule has 0 bridgehead atoms. The van der Waals surface area contributed by atoms with Gasteiger partial charge in [0.05, 0.1) is 0 Å². The van der Waals surface area contributed by atoms with Crippen molar-refractivity contribution >= 4 is 6.08 Å². The lowest BCUT2D eigenvalue weighted by atomic mass is 10.0. The molecule has 2 heterocycles. The van der Waals surface area contributed by atoms with Crippen LogP contribution in [0.1, 0.15) is 35.8 Å². The normalized spacial score (nSPS) is 18.9. The molecule has 2 nitrogen and oxygen atoms in total. The van der Waals surface area contributed by atoms with Crippen molar-refractivity contribution in [2.75, 3.05) is 20.1 Å². The van der Waals surface area contributed by atoms with Crippen molar-refractivity contribution in [3.05, 3.63) is 29.6 Å². The Morgan fingerprint density at radius 1 is 1.31 bits per heavy atom. The molecule has 2 heteroatoms. The van der Waals surface area contributed by atoms with Gasteiger partial charge in [0.1, 0.15) is 0 Å². The average molecular weight is 218 g/mol. The first kappa shape index (κ1) is 11.5. The predicted octanol–water partition coefficient (Wildman–Crippen LogP) is 3.01. The molecule has 1 fully saturated rings. The molecule has 1 aromatic rings. The van der Waals surface area contributed by atoms with Crippen molar-refractivity contribution in [2.45, 2.75) is 32.7 Å². The summed E-state index contributed by atoms with van der Waals surface area (Å²) in [6, 6.07) is 2.94. The summed E-state index contributed by atoms with van der Waals surface area (Å²) in [4.78, 5) is 2.42. The van der Waals surface area contributed by atoms with Crippen LogP contribution in [0.5, 0.6) is 0 Å². The second-order valence-electron chi connectivity index (χ2n) is 4.94. The van der Waals surface area contributed by atoms with E-state index in [4.69, 9.17) is 0 Å². The summed E-state index contributed by atoms with van der Waals surface area (Å²) in [6.45, 7) is 10.7. The Balaban J connectivity index is 2.26. The maximum atomic E-state index is 3.88. The van der Waals surface area contributed by atoms with E-state index in [1.165, 1.54) is 42.9 Å². The van der Waals surface area contributed by atoms with Gasteiger partial charge in [0.2, 0.25) is 0 Å². The first-order valence-electron chi connectivity index (χ1n) is 6.13. The van der Waals surface area contributed by atoms with Crippen molar-refractivity contribution in [3.63, 3.8) is 0 Å². The second-order valence-corrected chi connectivity index (χ2v) is 4.94. The second kappa shape index (κ2) is 4.46. The SMILES string of the molecule is C=Cc1cc(C)n(C2CCN(C)CC2)c1C. The van der Waals surface area contributed by atoms with E-state index >= 15 is 0 Å². The lowest BCUT2D eigenvalue weighted by Gasteiger charge is -2.31. The van der Waals surface area contributed by atoms with E-state index in [0.29, 0.717) is 6.04 Å². The summed E-state index contributed by atoms with van der Waals surface area (Å²) in [5, 5.41) is 0.